The molecule has 0 unspecified atom stereocenters. The molecule has 0 radical (unpaired) electrons. The van der Waals surface area contributed by atoms with E-state index < -0.39 is 12.0 Å². The summed E-state index contributed by atoms with van der Waals surface area (Å²) in [6, 6.07) is 10.3. The SMILES string of the molecule is CC1=C(C(=O)OC(C)C)[C@H](c2ccc(Cl)cc2)n2c(s/c(=C/c3ccc(N4CCN(C)CC4)o3)c2=O)=N1. The highest BCUT2D eigenvalue weighted by atomic mass is 35.5. The van der Waals surface area contributed by atoms with Crippen LogP contribution in [-0.2, 0) is 9.53 Å². The number of aromatic nitrogens is 1. The number of rotatable bonds is 5. The third-order valence-electron chi connectivity index (χ3n) is 6.47. The average Bonchev–Trinajstić information content (AvgIpc) is 3.43. The minimum Gasteiger partial charge on any atom is -0.459 e. The van der Waals surface area contributed by atoms with Crippen LogP contribution >= 0.6 is 22.9 Å². The van der Waals surface area contributed by atoms with Crippen molar-refractivity contribution in [2.75, 3.05) is 38.1 Å². The number of piperazine rings is 1. The van der Waals surface area contributed by atoms with Crippen molar-refractivity contribution in [3.8, 4) is 0 Å². The van der Waals surface area contributed by atoms with Gasteiger partial charge in [-0.25, -0.2) is 9.79 Å². The number of allylic oxidation sites excluding steroid dienone is 1. The molecule has 0 bridgehead atoms. The lowest BCUT2D eigenvalue weighted by molar-refractivity contribution is -0.143. The first kappa shape index (κ1) is 25.5. The summed E-state index contributed by atoms with van der Waals surface area (Å²) in [6.45, 7) is 9.08. The highest BCUT2D eigenvalue weighted by molar-refractivity contribution is 7.07. The number of anilines is 1. The fourth-order valence-corrected chi connectivity index (χ4v) is 5.72. The second-order valence-electron chi connectivity index (χ2n) is 9.55. The predicted molar refractivity (Wildman–Crippen MR) is 145 cm³/mol. The van der Waals surface area contributed by atoms with Crippen LogP contribution in [0.3, 0.4) is 0 Å². The van der Waals surface area contributed by atoms with E-state index in [0.717, 1.165) is 37.6 Å². The number of nitrogens with zero attached hydrogens (tertiary/aromatic N) is 4. The molecular formula is C27H29ClN4O4S. The van der Waals surface area contributed by atoms with Gasteiger partial charge in [0.05, 0.1) is 27.9 Å². The Kier molecular flexibility index (Phi) is 7.11. The second-order valence-corrected chi connectivity index (χ2v) is 11.0. The Hall–Kier alpha value is -3.14. The molecular weight excluding hydrogens is 512 g/mol. The summed E-state index contributed by atoms with van der Waals surface area (Å²) < 4.78 is 13.7. The molecule has 1 aromatic carbocycles. The fraction of sp³-hybridized carbons (Fsp3) is 0.370. The quantitative estimate of drug-likeness (QED) is 0.462. The molecule has 37 heavy (non-hydrogen) atoms. The van der Waals surface area contributed by atoms with E-state index in [4.69, 9.17) is 20.8 Å². The van der Waals surface area contributed by atoms with E-state index in [2.05, 4.69) is 21.8 Å². The molecule has 2 aromatic heterocycles. The zero-order chi connectivity index (χ0) is 26.3. The minimum absolute atomic E-state index is 0.247. The third kappa shape index (κ3) is 5.16. The summed E-state index contributed by atoms with van der Waals surface area (Å²) in [5, 5.41) is 0.567. The Morgan fingerprint density at radius 2 is 1.86 bits per heavy atom. The lowest BCUT2D eigenvalue weighted by atomic mass is 9.96. The van der Waals surface area contributed by atoms with Crippen molar-refractivity contribution in [3.63, 3.8) is 0 Å². The van der Waals surface area contributed by atoms with E-state index in [-0.39, 0.29) is 11.7 Å². The van der Waals surface area contributed by atoms with Gasteiger partial charge in [-0.15, -0.1) is 0 Å². The number of carbonyl (C=O) groups excluding carboxylic acids is 1. The second kappa shape index (κ2) is 10.3. The molecule has 8 nitrogen and oxygen atoms in total. The lowest BCUT2D eigenvalue weighted by Crippen LogP contribution is -2.44. The maximum Gasteiger partial charge on any atom is 0.338 e. The molecule has 5 rings (SSSR count). The average molecular weight is 541 g/mol. The van der Waals surface area contributed by atoms with E-state index in [9.17, 15) is 9.59 Å². The Morgan fingerprint density at radius 1 is 1.16 bits per heavy atom. The van der Waals surface area contributed by atoms with Crippen molar-refractivity contribution in [2.24, 2.45) is 4.99 Å². The number of ether oxygens (including phenoxy) is 1. The first-order chi connectivity index (χ1) is 17.7. The van der Waals surface area contributed by atoms with Gasteiger partial charge in [-0.05, 0) is 51.6 Å². The Morgan fingerprint density at radius 3 is 2.54 bits per heavy atom. The molecule has 2 aliphatic rings. The van der Waals surface area contributed by atoms with Crippen LogP contribution in [0.2, 0.25) is 5.02 Å². The van der Waals surface area contributed by atoms with Gasteiger partial charge in [-0.3, -0.25) is 9.36 Å². The van der Waals surface area contributed by atoms with Gasteiger partial charge in [0.2, 0.25) is 0 Å². The molecule has 0 saturated carbocycles. The molecule has 10 heteroatoms. The molecule has 0 amide bonds. The van der Waals surface area contributed by atoms with Crippen LogP contribution in [0.1, 0.15) is 38.1 Å². The normalized spacial score (nSPS) is 18.8. The molecule has 0 aliphatic carbocycles. The number of hydrogen-bond donors (Lipinski definition) is 0. The van der Waals surface area contributed by atoms with E-state index in [0.29, 0.717) is 31.4 Å². The van der Waals surface area contributed by atoms with Gasteiger partial charge in [0.1, 0.15) is 5.76 Å². The number of likely N-dealkylation sites (N-methyl/N-ethyl adjacent to an activating group) is 1. The number of fused-ring (bicyclic) bond motifs is 1. The van der Waals surface area contributed by atoms with Crippen LogP contribution < -0.4 is 19.8 Å². The number of thiazole rings is 1. The molecule has 3 aromatic rings. The van der Waals surface area contributed by atoms with Crippen LogP contribution in [0.25, 0.3) is 6.08 Å². The highest BCUT2D eigenvalue weighted by Gasteiger charge is 2.33. The molecule has 1 saturated heterocycles. The number of esters is 1. The van der Waals surface area contributed by atoms with Gasteiger partial charge in [0, 0.05) is 43.3 Å². The number of furan rings is 1. The predicted octanol–water partition coefficient (Wildman–Crippen LogP) is 3.19. The van der Waals surface area contributed by atoms with E-state index >= 15 is 0 Å². The van der Waals surface area contributed by atoms with Gasteiger partial charge in [-0.2, -0.15) is 0 Å². The summed E-state index contributed by atoms with van der Waals surface area (Å²) >= 11 is 7.40. The van der Waals surface area contributed by atoms with Gasteiger partial charge < -0.3 is 19.0 Å². The van der Waals surface area contributed by atoms with Crippen molar-refractivity contribution in [2.45, 2.75) is 32.9 Å². The summed E-state index contributed by atoms with van der Waals surface area (Å²) in [7, 11) is 2.11. The molecule has 1 atom stereocenters. The van der Waals surface area contributed by atoms with Crippen LogP contribution in [0.4, 0.5) is 5.88 Å². The van der Waals surface area contributed by atoms with E-state index in [1.165, 1.54) is 11.3 Å². The molecule has 2 aliphatic heterocycles. The lowest BCUT2D eigenvalue weighted by Gasteiger charge is -2.32. The fourth-order valence-electron chi connectivity index (χ4n) is 4.57. The number of benzene rings is 1. The Balaban J connectivity index is 1.58. The van der Waals surface area contributed by atoms with Crippen molar-refractivity contribution < 1.29 is 13.9 Å². The molecule has 0 spiro atoms. The summed E-state index contributed by atoms with van der Waals surface area (Å²) in [4.78, 5) is 36.5. The van der Waals surface area contributed by atoms with Crippen molar-refractivity contribution in [1.82, 2.24) is 9.47 Å². The summed E-state index contributed by atoms with van der Waals surface area (Å²) in [5.74, 6) is 0.895. The smallest absolute Gasteiger partial charge is 0.338 e. The van der Waals surface area contributed by atoms with Crippen LogP contribution in [0, 0.1) is 0 Å². The molecule has 0 N–H and O–H groups in total. The maximum absolute atomic E-state index is 13.7. The van der Waals surface area contributed by atoms with Crippen LogP contribution in [0.5, 0.6) is 0 Å². The molecule has 194 valence electrons. The van der Waals surface area contributed by atoms with Gasteiger partial charge in [-0.1, -0.05) is 35.1 Å². The topological polar surface area (TPSA) is 80.3 Å². The first-order valence-corrected chi connectivity index (χ1v) is 13.4. The first-order valence-electron chi connectivity index (χ1n) is 12.2. The van der Waals surface area contributed by atoms with E-state index in [1.54, 1.807) is 43.5 Å². The molecule has 1 fully saturated rings. The van der Waals surface area contributed by atoms with Gasteiger partial charge >= 0.3 is 5.97 Å². The zero-order valence-electron chi connectivity index (χ0n) is 21.2. The number of hydrogen-bond acceptors (Lipinski definition) is 8. The monoisotopic (exact) mass is 540 g/mol. The summed E-state index contributed by atoms with van der Waals surface area (Å²) in [5.41, 5.74) is 1.36. The van der Waals surface area contributed by atoms with Gasteiger partial charge in [0.15, 0.2) is 10.7 Å². The Labute approximate surface area is 223 Å². The maximum atomic E-state index is 13.7. The third-order valence-corrected chi connectivity index (χ3v) is 7.71. The number of halogens is 1. The standard InChI is InChI=1S/C27H29ClN4O4S/c1-16(2)35-26(34)23-17(3)29-27-32(24(23)18-5-7-19(28)8-6-18)25(33)21(37-27)15-20-9-10-22(36-20)31-13-11-30(4)12-14-31/h5-10,15-16,24H,11-14H2,1-4H3/b21-15+/t24-/m0/s1. The Bertz CT molecular complexity index is 1530. The largest absolute Gasteiger partial charge is 0.459 e. The van der Waals surface area contributed by atoms with E-state index in [1.807, 2.05) is 24.3 Å². The summed E-state index contributed by atoms with van der Waals surface area (Å²) in [6.07, 6.45) is 1.44. The minimum atomic E-state index is -0.681. The van der Waals surface area contributed by atoms with Crippen molar-refractivity contribution in [1.29, 1.82) is 0 Å². The van der Waals surface area contributed by atoms with Crippen molar-refractivity contribution in [3.05, 3.63) is 83.7 Å². The molecule has 4 heterocycles. The number of carbonyl (C=O) groups is 1. The highest BCUT2D eigenvalue weighted by Crippen LogP contribution is 2.31. The van der Waals surface area contributed by atoms with Crippen molar-refractivity contribution >= 4 is 40.9 Å². The van der Waals surface area contributed by atoms with Gasteiger partial charge in [0.25, 0.3) is 5.56 Å². The van der Waals surface area contributed by atoms with Crippen LogP contribution in [-0.4, -0.2) is 54.8 Å². The van der Waals surface area contributed by atoms with Crippen LogP contribution in [0.15, 0.2) is 61.9 Å². The zero-order valence-corrected chi connectivity index (χ0v) is 22.8.